The highest BCUT2D eigenvalue weighted by atomic mass is 16.6. The van der Waals surface area contributed by atoms with Gasteiger partial charge in [-0.15, -0.1) is 0 Å². The van der Waals surface area contributed by atoms with Gasteiger partial charge < -0.3 is 9.84 Å². The molecule has 0 aliphatic carbocycles. The van der Waals surface area contributed by atoms with Gasteiger partial charge in [-0.1, -0.05) is 6.92 Å². The van der Waals surface area contributed by atoms with E-state index in [1.807, 2.05) is 6.92 Å². The SMILES string of the molecule is CC(CO)COC[O]. The predicted molar refractivity (Wildman–Crippen MR) is 27.8 cm³/mol. The van der Waals surface area contributed by atoms with Crippen molar-refractivity contribution in [3.05, 3.63) is 0 Å². The normalized spacial score (nSPS) is 13.9. The highest BCUT2D eigenvalue weighted by molar-refractivity contribution is 4.44. The maximum absolute atomic E-state index is 9.65. The van der Waals surface area contributed by atoms with Crippen LogP contribution in [0.4, 0.5) is 0 Å². The molecular weight excluding hydrogens is 108 g/mol. The van der Waals surface area contributed by atoms with Crippen LogP contribution in [0.1, 0.15) is 6.92 Å². The van der Waals surface area contributed by atoms with Crippen LogP contribution in [0.25, 0.3) is 0 Å². The van der Waals surface area contributed by atoms with E-state index >= 15 is 0 Å². The Morgan fingerprint density at radius 1 is 1.75 bits per heavy atom. The summed E-state index contributed by atoms with van der Waals surface area (Å²) in [4.78, 5) is 0. The molecule has 0 saturated heterocycles. The van der Waals surface area contributed by atoms with Crippen LogP contribution < -0.4 is 0 Å². The fraction of sp³-hybridized carbons (Fsp3) is 1.00. The molecule has 0 bridgehead atoms. The largest absolute Gasteiger partial charge is 0.396 e. The zero-order valence-electron chi connectivity index (χ0n) is 4.96. The summed E-state index contributed by atoms with van der Waals surface area (Å²) in [5.74, 6) is 0.0870. The summed E-state index contributed by atoms with van der Waals surface area (Å²) in [7, 11) is 0. The van der Waals surface area contributed by atoms with E-state index in [0.29, 0.717) is 6.61 Å². The predicted octanol–water partition coefficient (Wildman–Crippen LogP) is 0.0194. The van der Waals surface area contributed by atoms with Gasteiger partial charge in [-0.3, -0.25) is 0 Å². The van der Waals surface area contributed by atoms with Gasteiger partial charge in [-0.2, -0.15) is 0 Å². The number of hydrogen-bond acceptors (Lipinski definition) is 2. The minimum absolute atomic E-state index is 0.0833. The second-order valence-corrected chi connectivity index (χ2v) is 1.78. The van der Waals surface area contributed by atoms with Gasteiger partial charge in [0.25, 0.3) is 0 Å². The lowest BCUT2D eigenvalue weighted by molar-refractivity contribution is -0.0587. The highest BCUT2D eigenvalue weighted by Crippen LogP contribution is 1.91. The lowest BCUT2D eigenvalue weighted by Crippen LogP contribution is -2.09. The van der Waals surface area contributed by atoms with E-state index in [1.165, 1.54) is 0 Å². The molecule has 1 N–H and O–H groups in total. The second-order valence-electron chi connectivity index (χ2n) is 1.78. The lowest BCUT2D eigenvalue weighted by Gasteiger charge is -2.04. The van der Waals surface area contributed by atoms with E-state index in [-0.39, 0.29) is 12.5 Å². The lowest BCUT2D eigenvalue weighted by atomic mass is 10.2. The van der Waals surface area contributed by atoms with Crippen LogP contribution in [0.2, 0.25) is 0 Å². The van der Waals surface area contributed by atoms with Crippen LogP contribution in [-0.2, 0) is 9.84 Å². The molecule has 0 spiro atoms. The third kappa shape index (κ3) is 4.05. The Morgan fingerprint density at radius 2 is 2.38 bits per heavy atom. The van der Waals surface area contributed by atoms with Crippen molar-refractivity contribution in [1.82, 2.24) is 0 Å². The van der Waals surface area contributed by atoms with E-state index in [0.717, 1.165) is 0 Å². The van der Waals surface area contributed by atoms with Gasteiger partial charge in [-0.05, 0) is 0 Å². The molecule has 0 aromatic carbocycles. The van der Waals surface area contributed by atoms with Crippen LogP contribution in [0.5, 0.6) is 0 Å². The molecule has 0 amide bonds. The first-order chi connectivity index (χ1) is 3.81. The molecule has 0 aromatic rings. The summed E-state index contributed by atoms with van der Waals surface area (Å²) in [5.41, 5.74) is 0. The first-order valence-corrected chi connectivity index (χ1v) is 2.58. The molecule has 8 heavy (non-hydrogen) atoms. The summed E-state index contributed by atoms with van der Waals surface area (Å²) in [6.07, 6.45) is 0. The molecule has 0 fully saturated rings. The van der Waals surface area contributed by atoms with Gasteiger partial charge >= 0.3 is 0 Å². The molecule has 0 heterocycles. The number of aliphatic hydroxyl groups is 1. The quantitative estimate of drug-likeness (QED) is 0.530. The molecule has 1 unspecified atom stereocenters. The fourth-order valence-electron chi connectivity index (χ4n) is 0.302. The van der Waals surface area contributed by atoms with Gasteiger partial charge in [0.15, 0.2) is 6.79 Å². The third-order valence-electron chi connectivity index (χ3n) is 0.797. The molecule has 0 aliphatic rings. The minimum atomic E-state index is -0.510. The van der Waals surface area contributed by atoms with Crippen LogP contribution in [0.3, 0.4) is 0 Å². The molecule has 1 radical (unpaired) electrons. The average molecular weight is 119 g/mol. The van der Waals surface area contributed by atoms with Crippen molar-refractivity contribution >= 4 is 0 Å². The molecular formula is C5H11O3. The second kappa shape index (κ2) is 5.03. The first-order valence-electron chi connectivity index (χ1n) is 2.58. The van der Waals surface area contributed by atoms with Gasteiger partial charge in [0.05, 0.1) is 6.61 Å². The van der Waals surface area contributed by atoms with Crippen molar-refractivity contribution in [2.45, 2.75) is 6.92 Å². The molecule has 0 rings (SSSR count). The Balaban J connectivity index is 2.86. The number of ether oxygens (including phenoxy) is 1. The molecule has 0 aromatic heterocycles. The Hall–Kier alpha value is -0.120. The summed E-state index contributed by atoms with van der Waals surface area (Å²) in [5, 5.41) is 18.0. The monoisotopic (exact) mass is 119 g/mol. The number of aliphatic hydroxyl groups excluding tert-OH is 1. The Kier molecular flexibility index (Phi) is 4.95. The standard InChI is InChI=1S/C5H11O3/c1-5(2-6)3-8-4-7/h5-6H,2-4H2,1H3. The average Bonchev–Trinajstić information content (AvgIpc) is 1.83. The van der Waals surface area contributed by atoms with Crippen molar-refractivity contribution in [3.8, 4) is 0 Å². The molecule has 49 valence electrons. The summed E-state index contributed by atoms with van der Waals surface area (Å²) >= 11 is 0. The van der Waals surface area contributed by atoms with Crippen LogP contribution >= 0.6 is 0 Å². The maximum Gasteiger partial charge on any atom is 0.180 e. The van der Waals surface area contributed by atoms with Gasteiger partial charge in [0.1, 0.15) is 0 Å². The molecule has 0 saturated carbocycles. The zero-order valence-corrected chi connectivity index (χ0v) is 4.96. The van der Waals surface area contributed by atoms with E-state index in [4.69, 9.17) is 5.11 Å². The third-order valence-corrected chi connectivity index (χ3v) is 0.797. The van der Waals surface area contributed by atoms with Gasteiger partial charge in [0.2, 0.25) is 0 Å². The van der Waals surface area contributed by atoms with E-state index < -0.39 is 6.79 Å². The zero-order chi connectivity index (χ0) is 6.41. The molecule has 3 heteroatoms. The van der Waals surface area contributed by atoms with E-state index in [9.17, 15) is 5.11 Å². The first kappa shape index (κ1) is 7.88. The summed E-state index contributed by atoms with van der Waals surface area (Å²) < 4.78 is 4.47. The van der Waals surface area contributed by atoms with Crippen LogP contribution in [0.15, 0.2) is 0 Å². The fourth-order valence-corrected chi connectivity index (χ4v) is 0.302. The van der Waals surface area contributed by atoms with E-state index in [1.54, 1.807) is 0 Å². The summed E-state index contributed by atoms with van der Waals surface area (Å²) in [6.45, 7) is 1.75. The smallest absolute Gasteiger partial charge is 0.180 e. The van der Waals surface area contributed by atoms with Gasteiger partial charge in [0, 0.05) is 12.5 Å². The Labute approximate surface area is 48.9 Å². The Morgan fingerprint density at radius 3 is 2.75 bits per heavy atom. The highest BCUT2D eigenvalue weighted by Gasteiger charge is 1.96. The van der Waals surface area contributed by atoms with Gasteiger partial charge in [-0.25, -0.2) is 5.11 Å². The molecule has 0 aliphatic heterocycles. The van der Waals surface area contributed by atoms with Crippen molar-refractivity contribution in [1.29, 1.82) is 0 Å². The Bertz CT molecular complexity index is 46.9. The minimum Gasteiger partial charge on any atom is -0.396 e. The van der Waals surface area contributed by atoms with E-state index in [2.05, 4.69) is 4.74 Å². The van der Waals surface area contributed by atoms with Crippen LogP contribution in [0, 0.1) is 5.92 Å². The van der Waals surface area contributed by atoms with Crippen molar-refractivity contribution in [2.75, 3.05) is 20.0 Å². The van der Waals surface area contributed by atoms with Crippen molar-refractivity contribution in [2.24, 2.45) is 5.92 Å². The number of rotatable bonds is 4. The molecule has 3 nitrogen and oxygen atoms in total. The van der Waals surface area contributed by atoms with Crippen LogP contribution in [-0.4, -0.2) is 25.1 Å². The topological polar surface area (TPSA) is 49.4 Å². The van der Waals surface area contributed by atoms with Crippen molar-refractivity contribution in [3.63, 3.8) is 0 Å². The molecule has 1 atom stereocenters. The van der Waals surface area contributed by atoms with Crippen molar-refractivity contribution < 1.29 is 14.9 Å². The maximum atomic E-state index is 9.65. The number of hydrogen-bond donors (Lipinski definition) is 1. The summed E-state index contributed by atoms with van der Waals surface area (Å²) in [6, 6.07) is 0.